The van der Waals surface area contributed by atoms with Gasteiger partial charge in [0.1, 0.15) is 11.3 Å². The molecule has 2 heterocycles. The fraction of sp³-hybridized carbons (Fsp3) is 0.500. The summed E-state index contributed by atoms with van der Waals surface area (Å²) in [5.41, 5.74) is 1.05. The number of amides is 1. The zero-order valence-electron chi connectivity index (χ0n) is 15.4. The topological polar surface area (TPSA) is 71.8 Å². The first-order chi connectivity index (χ1) is 12.6. The number of rotatable bonds is 7. The maximum absolute atomic E-state index is 12.1. The Morgan fingerprint density at radius 2 is 2.19 bits per heavy atom. The lowest BCUT2D eigenvalue weighted by molar-refractivity contribution is -0.123. The highest BCUT2D eigenvalue weighted by atomic mass is 16.5. The molecule has 0 radical (unpaired) electrons. The van der Waals surface area contributed by atoms with Crippen molar-refractivity contribution in [3.05, 3.63) is 40.2 Å². The van der Waals surface area contributed by atoms with Crippen molar-refractivity contribution < 1.29 is 13.9 Å². The summed E-state index contributed by atoms with van der Waals surface area (Å²) in [5, 5.41) is 3.84. The molecule has 1 saturated heterocycles. The molecule has 26 heavy (non-hydrogen) atoms. The Hall–Kier alpha value is -2.34. The maximum Gasteiger partial charge on any atom is 0.336 e. The number of hydrogen-bond donors (Lipinski definition) is 1. The minimum absolute atomic E-state index is 0.0535. The average molecular weight is 358 g/mol. The summed E-state index contributed by atoms with van der Waals surface area (Å²) in [6, 6.07) is 7.26. The van der Waals surface area contributed by atoms with E-state index in [-0.39, 0.29) is 18.1 Å². The lowest BCUT2D eigenvalue weighted by atomic mass is 10.1. The van der Waals surface area contributed by atoms with Gasteiger partial charge in [-0.25, -0.2) is 4.79 Å². The van der Waals surface area contributed by atoms with Gasteiger partial charge in [0.25, 0.3) is 5.91 Å². The Morgan fingerprint density at radius 3 is 2.96 bits per heavy atom. The van der Waals surface area contributed by atoms with Crippen molar-refractivity contribution in [3.8, 4) is 5.75 Å². The predicted molar refractivity (Wildman–Crippen MR) is 101 cm³/mol. The fourth-order valence-corrected chi connectivity index (χ4v) is 3.57. The zero-order valence-corrected chi connectivity index (χ0v) is 15.4. The molecule has 0 saturated carbocycles. The molecule has 0 spiro atoms. The molecule has 1 aromatic carbocycles. The molecule has 1 aromatic heterocycles. The molecule has 0 bridgehead atoms. The van der Waals surface area contributed by atoms with E-state index in [1.165, 1.54) is 12.5 Å². The van der Waals surface area contributed by atoms with E-state index in [1.807, 2.05) is 13.0 Å². The number of nitrogens with zero attached hydrogens (tertiary/aromatic N) is 1. The maximum atomic E-state index is 12.1. The van der Waals surface area contributed by atoms with Crippen molar-refractivity contribution in [3.63, 3.8) is 0 Å². The molecule has 6 nitrogen and oxygen atoms in total. The number of carbonyl (C=O) groups is 1. The Balaban J connectivity index is 1.57. The van der Waals surface area contributed by atoms with Gasteiger partial charge in [-0.1, -0.05) is 13.8 Å². The Kier molecular flexibility index (Phi) is 5.93. The SMILES string of the molecule is CCc1cc(=O)oc2cc(OCC(=O)NCC3CCCN3CC)ccc12. The van der Waals surface area contributed by atoms with Gasteiger partial charge in [-0.3, -0.25) is 9.69 Å². The van der Waals surface area contributed by atoms with Gasteiger partial charge in [-0.2, -0.15) is 0 Å². The second-order valence-electron chi connectivity index (χ2n) is 6.62. The monoisotopic (exact) mass is 358 g/mol. The second-order valence-corrected chi connectivity index (χ2v) is 6.62. The summed E-state index contributed by atoms with van der Waals surface area (Å²) in [7, 11) is 0. The molecular weight excluding hydrogens is 332 g/mol. The number of aryl methyl sites for hydroxylation is 1. The summed E-state index contributed by atoms with van der Waals surface area (Å²) in [4.78, 5) is 26.1. The lowest BCUT2D eigenvalue weighted by Gasteiger charge is -2.22. The van der Waals surface area contributed by atoms with Crippen LogP contribution in [0.15, 0.2) is 33.5 Å². The average Bonchev–Trinajstić information content (AvgIpc) is 3.11. The van der Waals surface area contributed by atoms with Crippen LogP contribution in [0.25, 0.3) is 11.0 Å². The van der Waals surface area contributed by atoms with Gasteiger partial charge < -0.3 is 14.5 Å². The minimum atomic E-state index is -0.374. The fourth-order valence-electron chi connectivity index (χ4n) is 3.57. The van der Waals surface area contributed by atoms with E-state index in [0.29, 0.717) is 23.9 Å². The molecular formula is C20H26N2O4. The van der Waals surface area contributed by atoms with Crippen molar-refractivity contribution in [1.29, 1.82) is 0 Å². The quantitative estimate of drug-likeness (QED) is 0.769. The first kappa shape index (κ1) is 18.5. The van der Waals surface area contributed by atoms with Crippen LogP contribution in [-0.2, 0) is 11.2 Å². The number of nitrogens with one attached hydrogen (secondary N) is 1. The van der Waals surface area contributed by atoms with E-state index in [1.54, 1.807) is 12.1 Å². The number of ether oxygens (including phenoxy) is 1. The summed E-state index contributed by atoms with van der Waals surface area (Å²) >= 11 is 0. The number of carbonyl (C=O) groups excluding carboxylic acids is 1. The van der Waals surface area contributed by atoms with E-state index in [4.69, 9.17) is 9.15 Å². The number of fused-ring (bicyclic) bond motifs is 1. The van der Waals surface area contributed by atoms with Crippen LogP contribution < -0.4 is 15.7 Å². The molecule has 1 fully saturated rings. The summed E-state index contributed by atoms with van der Waals surface area (Å²) in [6.07, 6.45) is 3.06. The van der Waals surface area contributed by atoms with Crippen molar-refractivity contribution in [2.75, 3.05) is 26.2 Å². The molecule has 0 aliphatic carbocycles. The number of hydrogen-bond acceptors (Lipinski definition) is 5. The predicted octanol–water partition coefficient (Wildman–Crippen LogP) is 2.33. The highest BCUT2D eigenvalue weighted by molar-refractivity contribution is 5.82. The number of likely N-dealkylation sites (tertiary alicyclic amines) is 1. The van der Waals surface area contributed by atoms with E-state index >= 15 is 0 Å². The molecule has 1 aliphatic heterocycles. The molecule has 2 aromatic rings. The molecule has 1 unspecified atom stereocenters. The van der Waals surface area contributed by atoms with Crippen molar-refractivity contribution in [1.82, 2.24) is 10.2 Å². The minimum Gasteiger partial charge on any atom is -0.484 e. The molecule has 1 atom stereocenters. The molecule has 1 amide bonds. The Morgan fingerprint density at radius 1 is 1.35 bits per heavy atom. The van der Waals surface area contributed by atoms with Gasteiger partial charge in [0.15, 0.2) is 6.61 Å². The third kappa shape index (κ3) is 4.25. The summed E-state index contributed by atoms with van der Waals surface area (Å²) in [5.74, 6) is 0.372. The van der Waals surface area contributed by atoms with Crippen molar-refractivity contribution in [2.45, 2.75) is 39.2 Å². The van der Waals surface area contributed by atoms with Crippen molar-refractivity contribution in [2.24, 2.45) is 0 Å². The molecule has 1 aliphatic rings. The zero-order chi connectivity index (χ0) is 18.5. The van der Waals surface area contributed by atoms with Crippen LogP contribution >= 0.6 is 0 Å². The van der Waals surface area contributed by atoms with Crippen LogP contribution in [0.2, 0.25) is 0 Å². The van der Waals surface area contributed by atoms with E-state index in [9.17, 15) is 9.59 Å². The van der Waals surface area contributed by atoms with Gasteiger partial charge in [0.2, 0.25) is 0 Å². The first-order valence-electron chi connectivity index (χ1n) is 9.31. The number of likely N-dealkylation sites (N-methyl/N-ethyl adjacent to an activating group) is 1. The van der Waals surface area contributed by atoms with Gasteiger partial charge in [-0.05, 0) is 50.0 Å². The van der Waals surface area contributed by atoms with Crippen LogP contribution in [0.5, 0.6) is 5.75 Å². The van der Waals surface area contributed by atoms with Gasteiger partial charge in [0, 0.05) is 30.1 Å². The third-order valence-electron chi connectivity index (χ3n) is 4.99. The smallest absolute Gasteiger partial charge is 0.336 e. The van der Waals surface area contributed by atoms with Gasteiger partial charge in [-0.15, -0.1) is 0 Å². The highest BCUT2D eigenvalue weighted by Gasteiger charge is 2.23. The van der Waals surface area contributed by atoms with E-state index in [2.05, 4.69) is 17.1 Å². The van der Waals surface area contributed by atoms with Gasteiger partial charge in [0.05, 0.1) is 0 Å². The molecule has 140 valence electrons. The van der Waals surface area contributed by atoms with Crippen molar-refractivity contribution >= 4 is 16.9 Å². The molecule has 1 N–H and O–H groups in total. The van der Waals surface area contributed by atoms with Crippen LogP contribution in [-0.4, -0.2) is 43.1 Å². The van der Waals surface area contributed by atoms with Crippen LogP contribution in [0, 0.1) is 0 Å². The Bertz CT molecular complexity index is 830. The standard InChI is InChI=1S/C20H26N2O4/c1-3-14-10-20(24)26-18-11-16(7-8-17(14)18)25-13-19(23)21-12-15-6-5-9-22(15)4-2/h7-8,10-11,15H,3-6,9,12-13H2,1-2H3,(H,21,23). The summed E-state index contributed by atoms with van der Waals surface area (Å²) in [6.45, 7) is 6.86. The largest absolute Gasteiger partial charge is 0.484 e. The van der Waals surface area contributed by atoms with Crippen LogP contribution in [0.4, 0.5) is 0 Å². The van der Waals surface area contributed by atoms with Gasteiger partial charge >= 0.3 is 5.63 Å². The van der Waals surface area contributed by atoms with E-state index < -0.39 is 0 Å². The second kappa shape index (κ2) is 8.36. The normalized spacial score (nSPS) is 17.5. The highest BCUT2D eigenvalue weighted by Crippen LogP contribution is 2.23. The lowest BCUT2D eigenvalue weighted by Crippen LogP contribution is -2.41. The first-order valence-corrected chi connectivity index (χ1v) is 9.31. The number of benzene rings is 1. The Labute approximate surface area is 153 Å². The third-order valence-corrected chi connectivity index (χ3v) is 4.99. The molecule has 6 heteroatoms. The summed E-state index contributed by atoms with van der Waals surface area (Å²) < 4.78 is 10.8. The van der Waals surface area contributed by atoms with E-state index in [0.717, 1.165) is 36.9 Å². The van der Waals surface area contributed by atoms with Crippen LogP contribution in [0.3, 0.4) is 0 Å². The molecule has 3 rings (SSSR count). The van der Waals surface area contributed by atoms with Crippen LogP contribution in [0.1, 0.15) is 32.3 Å².